The Morgan fingerprint density at radius 2 is 2.15 bits per heavy atom. The molecule has 6 heteroatoms. The summed E-state index contributed by atoms with van der Waals surface area (Å²) in [5.74, 6) is 1.74. The zero-order chi connectivity index (χ0) is 19.0. The molecule has 6 nitrogen and oxygen atoms in total. The van der Waals surface area contributed by atoms with Crippen LogP contribution in [0.3, 0.4) is 0 Å². The number of aromatic nitrogens is 2. The van der Waals surface area contributed by atoms with Crippen LogP contribution in [0.5, 0.6) is 5.75 Å². The summed E-state index contributed by atoms with van der Waals surface area (Å²) in [6, 6.07) is 6.23. The van der Waals surface area contributed by atoms with Crippen molar-refractivity contribution in [1.82, 2.24) is 14.9 Å². The average molecular weight is 367 g/mol. The minimum absolute atomic E-state index is 0.0682. The van der Waals surface area contributed by atoms with Gasteiger partial charge >= 0.3 is 0 Å². The van der Waals surface area contributed by atoms with E-state index in [9.17, 15) is 9.59 Å². The van der Waals surface area contributed by atoms with Gasteiger partial charge in [-0.15, -0.1) is 0 Å². The van der Waals surface area contributed by atoms with E-state index in [1.54, 1.807) is 6.92 Å². The minimum Gasteiger partial charge on any atom is -0.490 e. The second-order valence-corrected chi connectivity index (χ2v) is 7.53. The smallest absolute Gasteiger partial charge is 0.254 e. The summed E-state index contributed by atoms with van der Waals surface area (Å²) >= 11 is 0. The Hall–Kier alpha value is -2.63. The first kappa shape index (κ1) is 17.8. The molecule has 0 unspecified atom stereocenters. The number of H-pyrrole nitrogens is 1. The number of hydrogen-bond acceptors (Lipinski definition) is 4. The van der Waals surface area contributed by atoms with Crippen molar-refractivity contribution in [3.05, 3.63) is 56.8 Å². The van der Waals surface area contributed by atoms with E-state index in [0.717, 1.165) is 29.8 Å². The maximum absolute atomic E-state index is 12.7. The van der Waals surface area contributed by atoms with Crippen molar-refractivity contribution < 1.29 is 9.53 Å². The van der Waals surface area contributed by atoms with Gasteiger partial charge < -0.3 is 14.6 Å². The molecular weight excluding hydrogens is 342 g/mol. The molecule has 4 rings (SSSR count). The first-order valence-electron chi connectivity index (χ1n) is 9.64. The number of aryl methyl sites for hydroxylation is 2. The lowest BCUT2D eigenvalue weighted by Crippen LogP contribution is -2.33. The maximum Gasteiger partial charge on any atom is 0.254 e. The summed E-state index contributed by atoms with van der Waals surface area (Å²) in [7, 11) is 0. The van der Waals surface area contributed by atoms with E-state index in [4.69, 9.17) is 4.74 Å². The fourth-order valence-electron chi connectivity index (χ4n) is 4.02. The first-order valence-corrected chi connectivity index (χ1v) is 9.64. The maximum atomic E-state index is 12.7. The van der Waals surface area contributed by atoms with Gasteiger partial charge in [0.15, 0.2) is 0 Å². The van der Waals surface area contributed by atoms with Crippen molar-refractivity contribution in [3.8, 4) is 5.75 Å². The summed E-state index contributed by atoms with van der Waals surface area (Å²) < 4.78 is 5.74. The topological polar surface area (TPSA) is 75.3 Å². The highest BCUT2D eigenvalue weighted by atomic mass is 16.5. The number of amides is 1. The number of rotatable bonds is 3. The fraction of sp³-hybridized carbons (Fsp3) is 0.476. The number of nitrogens with one attached hydrogen (secondary N) is 1. The molecule has 142 valence electrons. The predicted octanol–water partition coefficient (Wildman–Crippen LogP) is 1.96. The standard InChI is InChI=1S/C21H25N3O3/c1-13-11-16-12-15(3-5-19(16)27-13)4-6-20(25)24-9-7-17-18(8-10-24)22-14(2)23-21(17)26/h3,5,12-13H,4,6-11H2,1-2H3,(H,22,23,26)/t13-/m1/s1. The van der Waals surface area contributed by atoms with Crippen LogP contribution >= 0.6 is 0 Å². The van der Waals surface area contributed by atoms with Crippen LogP contribution in [0.1, 0.15) is 41.6 Å². The Balaban J connectivity index is 1.38. The third kappa shape index (κ3) is 3.75. The van der Waals surface area contributed by atoms with Crippen molar-refractivity contribution in [2.24, 2.45) is 0 Å². The highest BCUT2D eigenvalue weighted by molar-refractivity contribution is 5.76. The molecular formula is C21H25N3O3. The molecule has 0 radical (unpaired) electrons. The van der Waals surface area contributed by atoms with E-state index in [2.05, 4.69) is 29.0 Å². The minimum atomic E-state index is -0.0682. The van der Waals surface area contributed by atoms with Crippen LogP contribution in [0.4, 0.5) is 0 Å². The highest BCUT2D eigenvalue weighted by Crippen LogP contribution is 2.29. The number of carbonyl (C=O) groups is 1. The zero-order valence-electron chi connectivity index (χ0n) is 15.9. The van der Waals surface area contributed by atoms with Crippen LogP contribution in [-0.2, 0) is 30.5 Å². The molecule has 1 aromatic carbocycles. The molecule has 1 aromatic heterocycles. The van der Waals surface area contributed by atoms with E-state index < -0.39 is 0 Å². The van der Waals surface area contributed by atoms with Crippen molar-refractivity contribution in [1.29, 1.82) is 0 Å². The van der Waals surface area contributed by atoms with Gasteiger partial charge in [-0.25, -0.2) is 4.98 Å². The largest absolute Gasteiger partial charge is 0.490 e. The number of nitrogens with zero attached hydrogens (tertiary/aromatic N) is 2. The van der Waals surface area contributed by atoms with E-state index in [1.165, 1.54) is 11.1 Å². The number of aromatic amines is 1. The number of benzene rings is 1. The van der Waals surface area contributed by atoms with Gasteiger partial charge in [0.2, 0.25) is 5.91 Å². The second-order valence-electron chi connectivity index (χ2n) is 7.53. The summed E-state index contributed by atoms with van der Waals surface area (Å²) in [6.45, 7) is 5.06. The average Bonchev–Trinajstić information content (AvgIpc) is 2.85. The molecule has 0 fully saturated rings. The van der Waals surface area contributed by atoms with Crippen LogP contribution in [0, 0.1) is 6.92 Å². The van der Waals surface area contributed by atoms with Crippen LogP contribution < -0.4 is 10.3 Å². The Kier molecular flexibility index (Phi) is 4.72. The highest BCUT2D eigenvalue weighted by Gasteiger charge is 2.22. The van der Waals surface area contributed by atoms with E-state index >= 15 is 0 Å². The lowest BCUT2D eigenvalue weighted by atomic mass is 10.0. The summed E-state index contributed by atoms with van der Waals surface area (Å²) in [5, 5.41) is 0. The van der Waals surface area contributed by atoms with Crippen LogP contribution in [0.25, 0.3) is 0 Å². The molecule has 0 spiro atoms. The van der Waals surface area contributed by atoms with Gasteiger partial charge in [-0.1, -0.05) is 12.1 Å². The normalized spacial score (nSPS) is 18.4. The molecule has 1 N–H and O–H groups in total. The van der Waals surface area contributed by atoms with E-state index in [1.807, 2.05) is 11.0 Å². The van der Waals surface area contributed by atoms with Crippen LogP contribution in [-0.4, -0.2) is 40.0 Å². The molecule has 3 heterocycles. The van der Waals surface area contributed by atoms with E-state index in [0.29, 0.717) is 38.2 Å². The third-order valence-electron chi connectivity index (χ3n) is 5.41. The molecule has 2 aromatic rings. The first-order chi connectivity index (χ1) is 13.0. The van der Waals surface area contributed by atoms with E-state index in [-0.39, 0.29) is 17.6 Å². The van der Waals surface area contributed by atoms with Crippen molar-refractivity contribution in [3.63, 3.8) is 0 Å². The van der Waals surface area contributed by atoms with Gasteiger partial charge in [-0.05, 0) is 43.9 Å². The molecule has 0 bridgehead atoms. The SMILES string of the molecule is Cc1nc2c(c(=O)[nH]1)CCN(C(=O)CCc1ccc3c(c1)C[C@@H](C)O3)CC2. The molecule has 1 amide bonds. The van der Waals surface area contributed by atoms with Gasteiger partial charge in [0.25, 0.3) is 5.56 Å². The predicted molar refractivity (Wildman–Crippen MR) is 102 cm³/mol. The molecule has 1 atom stereocenters. The number of hydrogen-bond donors (Lipinski definition) is 1. The monoisotopic (exact) mass is 367 g/mol. The Bertz CT molecular complexity index is 935. The second kappa shape index (κ2) is 7.18. The third-order valence-corrected chi connectivity index (χ3v) is 5.41. The fourth-order valence-corrected chi connectivity index (χ4v) is 4.02. The van der Waals surface area contributed by atoms with Gasteiger partial charge in [0, 0.05) is 37.9 Å². The summed E-state index contributed by atoms with van der Waals surface area (Å²) in [4.78, 5) is 33.9. The van der Waals surface area contributed by atoms with Crippen LogP contribution in [0.2, 0.25) is 0 Å². The molecule has 0 saturated carbocycles. The van der Waals surface area contributed by atoms with Crippen LogP contribution in [0.15, 0.2) is 23.0 Å². The number of fused-ring (bicyclic) bond motifs is 2. The van der Waals surface area contributed by atoms with Crippen molar-refractivity contribution in [2.75, 3.05) is 13.1 Å². The van der Waals surface area contributed by atoms with Gasteiger partial charge in [0.1, 0.15) is 17.7 Å². The van der Waals surface area contributed by atoms with Gasteiger partial charge in [-0.2, -0.15) is 0 Å². The van der Waals surface area contributed by atoms with Gasteiger partial charge in [0.05, 0.1) is 5.69 Å². The van der Waals surface area contributed by atoms with Crippen molar-refractivity contribution >= 4 is 5.91 Å². The molecule has 2 aliphatic heterocycles. The number of ether oxygens (including phenoxy) is 1. The quantitative estimate of drug-likeness (QED) is 0.900. The Morgan fingerprint density at radius 3 is 3.00 bits per heavy atom. The molecule has 2 aliphatic rings. The number of carbonyl (C=O) groups excluding carboxylic acids is 1. The molecule has 0 aliphatic carbocycles. The van der Waals surface area contributed by atoms with Gasteiger partial charge in [-0.3, -0.25) is 9.59 Å². The van der Waals surface area contributed by atoms with Crippen molar-refractivity contribution in [2.45, 2.75) is 52.1 Å². The molecule has 0 saturated heterocycles. The lowest BCUT2D eigenvalue weighted by Gasteiger charge is -2.20. The zero-order valence-corrected chi connectivity index (χ0v) is 15.9. The molecule has 27 heavy (non-hydrogen) atoms. The lowest BCUT2D eigenvalue weighted by molar-refractivity contribution is -0.131. The summed E-state index contributed by atoms with van der Waals surface area (Å²) in [6.07, 6.45) is 3.58. The Morgan fingerprint density at radius 1 is 1.33 bits per heavy atom. The Labute approximate surface area is 158 Å². The summed E-state index contributed by atoms with van der Waals surface area (Å²) in [5.41, 5.74) is 3.90.